The lowest BCUT2D eigenvalue weighted by atomic mass is 9.99. The first-order chi connectivity index (χ1) is 9.93. The third-order valence-corrected chi connectivity index (χ3v) is 3.35. The van der Waals surface area contributed by atoms with Crippen molar-refractivity contribution in [1.29, 1.82) is 0 Å². The van der Waals surface area contributed by atoms with E-state index < -0.39 is 30.7 Å². The van der Waals surface area contributed by atoms with Gasteiger partial charge in [0.05, 0.1) is 11.9 Å². The number of aliphatic hydroxyl groups excluding tert-OH is 3. The van der Waals surface area contributed by atoms with Crippen molar-refractivity contribution in [2.24, 2.45) is 0 Å². The van der Waals surface area contributed by atoms with Crippen LogP contribution in [0.1, 0.15) is 5.69 Å². The molecule has 1 aliphatic rings. The molecule has 0 unspecified atom stereocenters. The Hall–Kier alpha value is -1.45. The van der Waals surface area contributed by atoms with Crippen LogP contribution in [0.3, 0.4) is 0 Å². The van der Waals surface area contributed by atoms with E-state index >= 15 is 0 Å². The monoisotopic (exact) mass is 301 g/mol. The first kappa shape index (κ1) is 15.9. The van der Waals surface area contributed by atoms with Crippen molar-refractivity contribution >= 4 is 0 Å². The van der Waals surface area contributed by atoms with Gasteiger partial charge >= 0.3 is 0 Å². The van der Waals surface area contributed by atoms with Crippen LogP contribution in [0.4, 0.5) is 0 Å². The number of pyridine rings is 1. The molecule has 1 aromatic rings. The van der Waals surface area contributed by atoms with Gasteiger partial charge in [0.1, 0.15) is 42.5 Å². The Morgan fingerprint density at radius 3 is 2.57 bits per heavy atom. The number of hydrogen-bond donors (Lipinski definition) is 4. The molecule has 2 rings (SSSR count). The van der Waals surface area contributed by atoms with Gasteiger partial charge in [-0.1, -0.05) is 0 Å². The Balaban J connectivity index is 1.99. The van der Waals surface area contributed by atoms with E-state index in [0.717, 1.165) is 0 Å². The minimum atomic E-state index is -1.40. The molecule has 0 radical (unpaired) electrons. The molecule has 1 fully saturated rings. The van der Waals surface area contributed by atoms with Crippen LogP contribution in [0.5, 0.6) is 11.5 Å². The normalized spacial score (nSPS) is 32.9. The zero-order valence-electron chi connectivity index (χ0n) is 11.7. The van der Waals surface area contributed by atoms with Gasteiger partial charge in [0.25, 0.3) is 0 Å². The SMILES string of the molecule is CO[C@H]1O[C@H](COc2cnc(C)c(O)c2)[C@@H](O)[C@H](O)[C@H]1O. The first-order valence-corrected chi connectivity index (χ1v) is 6.45. The van der Waals surface area contributed by atoms with E-state index in [2.05, 4.69) is 4.98 Å². The number of ether oxygens (including phenoxy) is 3. The van der Waals surface area contributed by atoms with E-state index in [1.807, 2.05) is 0 Å². The van der Waals surface area contributed by atoms with Crippen molar-refractivity contribution < 1.29 is 34.6 Å². The molecular weight excluding hydrogens is 282 g/mol. The molecule has 4 N–H and O–H groups in total. The summed E-state index contributed by atoms with van der Waals surface area (Å²) in [5.41, 5.74) is 0.467. The van der Waals surface area contributed by atoms with Gasteiger partial charge in [-0.2, -0.15) is 0 Å². The van der Waals surface area contributed by atoms with Crippen LogP contribution in [0, 0.1) is 6.92 Å². The summed E-state index contributed by atoms with van der Waals surface area (Å²) in [7, 11) is 1.32. The number of aromatic hydroxyl groups is 1. The summed E-state index contributed by atoms with van der Waals surface area (Å²) in [6.07, 6.45) is -4.59. The Kier molecular flexibility index (Phi) is 4.96. The lowest BCUT2D eigenvalue weighted by molar-refractivity contribution is -0.293. The first-order valence-electron chi connectivity index (χ1n) is 6.45. The van der Waals surface area contributed by atoms with Crippen molar-refractivity contribution in [3.63, 3.8) is 0 Å². The standard InChI is InChI=1S/C13H19NO7/c1-6-8(15)3-7(4-14-6)20-5-9-10(16)11(17)12(18)13(19-2)21-9/h3-4,9-13,15-18H,5H2,1-2H3/t9-,10-,11+,12-,13+/m1/s1. The molecule has 0 bridgehead atoms. The van der Waals surface area contributed by atoms with E-state index in [1.54, 1.807) is 6.92 Å². The smallest absolute Gasteiger partial charge is 0.186 e. The summed E-state index contributed by atoms with van der Waals surface area (Å²) in [5.74, 6) is 0.284. The van der Waals surface area contributed by atoms with Gasteiger partial charge in [0.2, 0.25) is 0 Å². The number of nitrogens with zero attached hydrogens (tertiary/aromatic N) is 1. The molecule has 1 aromatic heterocycles. The van der Waals surface area contributed by atoms with Crippen LogP contribution >= 0.6 is 0 Å². The van der Waals surface area contributed by atoms with Gasteiger partial charge in [-0.05, 0) is 6.92 Å². The summed E-state index contributed by atoms with van der Waals surface area (Å²) in [4.78, 5) is 3.93. The molecule has 0 amide bonds. The number of methoxy groups -OCH3 is 1. The molecule has 21 heavy (non-hydrogen) atoms. The number of aryl methyl sites for hydroxylation is 1. The van der Waals surface area contributed by atoms with E-state index in [-0.39, 0.29) is 12.4 Å². The molecule has 118 valence electrons. The zero-order valence-corrected chi connectivity index (χ0v) is 11.7. The van der Waals surface area contributed by atoms with E-state index in [0.29, 0.717) is 11.4 Å². The fraction of sp³-hybridized carbons (Fsp3) is 0.615. The minimum absolute atomic E-state index is 0.0113. The maximum absolute atomic E-state index is 9.86. The summed E-state index contributed by atoms with van der Waals surface area (Å²) in [5, 5.41) is 38.8. The average Bonchev–Trinajstić information content (AvgIpc) is 2.47. The van der Waals surface area contributed by atoms with Crippen LogP contribution in [-0.2, 0) is 9.47 Å². The van der Waals surface area contributed by atoms with E-state index in [9.17, 15) is 20.4 Å². The van der Waals surface area contributed by atoms with Crippen LogP contribution in [-0.4, -0.2) is 69.8 Å². The molecule has 0 aromatic carbocycles. The molecule has 2 heterocycles. The molecule has 8 nitrogen and oxygen atoms in total. The molecule has 0 spiro atoms. The summed E-state index contributed by atoms with van der Waals surface area (Å²) in [6.45, 7) is 1.54. The topological polar surface area (TPSA) is 122 Å². The van der Waals surface area contributed by atoms with Crippen LogP contribution in [0.2, 0.25) is 0 Å². The average molecular weight is 301 g/mol. The van der Waals surface area contributed by atoms with Crippen molar-refractivity contribution in [1.82, 2.24) is 4.98 Å². The third kappa shape index (κ3) is 3.42. The fourth-order valence-corrected chi connectivity index (χ4v) is 2.01. The maximum Gasteiger partial charge on any atom is 0.186 e. The molecule has 1 aliphatic heterocycles. The summed E-state index contributed by atoms with van der Waals surface area (Å²) >= 11 is 0. The minimum Gasteiger partial charge on any atom is -0.506 e. The van der Waals surface area contributed by atoms with E-state index in [1.165, 1.54) is 19.4 Å². The van der Waals surface area contributed by atoms with Gasteiger partial charge in [-0.15, -0.1) is 0 Å². The second kappa shape index (κ2) is 6.54. The van der Waals surface area contributed by atoms with Crippen LogP contribution in [0.25, 0.3) is 0 Å². The van der Waals surface area contributed by atoms with Crippen LogP contribution < -0.4 is 4.74 Å². The Bertz CT molecular complexity index is 482. The van der Waals surface area contributed by atoms with Crippen molar-refractivity contribution in [2.45, 2.75) is 37.6 Å². The van der Waals surface area contributed by atoms with Crippen molar-refractivity contribution in [3.8, 4) is 11.5 Å². The summed E-state index contributed by atoms with van der Waals surface area (Å²) < 4.78 is 15.6. The van der Waals surface area contributed by atoms with Crippen LogP contribution in [0.15, 0.2) is 12.3 Å². The lowest BCUT2D eigenvalue weighted by Gasteiger charge is -2.39. The Labute approximate surface area is 121 Å². The largest absolute Gasteiger partial charge is 0.506 e. The highest BCUT2D eigenvalue weighted by Crippen LogP contribution is 2.24. The fourth-order valence-electron chi connectivity index (χ4n) is 2.01. The maximum atomic E-state index is 9.86. The predicted molar refractivity (Wildman–Crippen MR) is 69.8 cm³/mol. The highest BCUT2D eigenvalue weighted by atomic mass is 16.7. The number of rotatable bonds is 4. The van der Waals surface area contributed by atoms with Crippen molar-refractivity contribution in [3.05, 3.63) is 18.0 Å². The molecule has 1 saturated heterocycles. The van der Waals surface area contributed by atoms with Gasteiger partial charge in [0.15, 0.2) is 6.29 Å². The molecule has 8 heteroatoms. The molecular formula is C13H19NO7. The van der Waals surface area contributed by atoms with E-state index in [4.69, 9.17) is 14.2 Å². The number of aromatic nitrogens is 1. The van der Waals surface area contributed by atoms with Crippen molar-refractivity contribution in [2.75, 3.05) is 13.7 Å². The zero-order chi connectivity index (χ0) is 15.6. The van der Waals surface area contributed by atoms with Gasteiger partial charge in [0, 0.05) is 13.2 Å². The van der Waals surface area contributed by atoms with Gasteiger partial charge < -0.3 is 34.6 Å². The molecule has 0 aliphatic carbocycles. The summed E-state index contributed by atoms with van der Waals surface area (Å²) in [6, 6.07) is 1.39. The Morgan fingerprint density at radius 1 is 1.24 bits per heavy atom. The third-order valence-electron chi connectivity index (χ3n) is 3.35. The quantitative estimate of drug-likeness (QED) is 0.554. The lowest BCUT2D eigenvalue weighted by Crippen LogP contribution is -2.59. The molecule has 0 saturated carbocycles. The van der Waals surface area contributed by atoms with Gasteiger partial charge in [-0.25, -0.2) is 0 Å². The highest BCUT2D eigenvalue weighted by molar-refractivity contribution is 5.32. The highest BCUT2D eigenvalue weighted by Gasteiger charge is 2.44. The number of hydrogen-bond acceptors (Lipinski definition) is 8. The number of aliphatic hydroxyl groups is 3. The Morgan fingerprint density at radius 2 is 1.95 bits per heavy atom. The predicted octanol–water partition coefficient (Wildman–Crippen LogP) is -1.07. The molecule has 5 atom stereocenters. The van der Waals surface area contributed by atoms with Gasteiger partial charge in [-0.3, -0.25) is 4.98 Å². The second-order valence-corrected chi connectivity index (χ2v) is 4.84. The second-order valence-electron chi connectivity index (χ2n) is 4.84.